The third kappa shape index (κ3) is 3.55. The summed E-state index contributed by atoms with van der Waals surface area (Å²) in [6.45, 7) is 2.18. The van der Waals surface area contributed by atoms with Gasteiger partial charge in [-0.15, -0.1) is 0 Å². The first-order chi connectivity index (χ1) is 8.86. The number of nitrogen functional groups attached to an aromatic ring is 1. The molecule has 0 saturated heterocycles. The van der Waals surface area contributed by atoms with Gasteiger partial charge in [-0.1, -0.05) is 6.92 Å². The van der Waals surface area contributed by atoms with Gasteiger partial charge in [0.1, 0.15) is 5.75 Å². The van der Waals surface area contributed by atoms with E-state index in [0.29, 0.717) is 5.92 Å². The number of alkyl halides is 3. The Morgan fingerprint density at radius 2 is 1.79 bits per heavy atom. The molecule has 1 saturated carbocycles. The normalized spacial score (nSPS) is 24.2. The highest BCUT2D eigenvalue weighted by molar-refractivity contribution is 5.52. The van der Waals surface area contributed by atoms with Crippen molar-refractivity contribution in [1.82, 2.24) is 0 Å². The maximum atomic E-state index is 12.7. The fraction of sp³-hybridized carbons (Fsp3) is 0.571. The van der Waals surface area contributed by atoms with Crippen molar-refractivity contribution in [2.75, 3.05) is 5.73 Å². The Hall–Kier alpha value is -1.39. The lowest BCUT2D eigenvalue weighted by atomic mass is 9.89. The molecule has 2 nitrogen and oxygen atoms in total. The van der Waals surface area contributed by atoms with Gasteiger partial charge in [-0.2, -0.15) is 13.2 Å². The summed E-state index contributed by atoms with van der Waals surface area (Å²) in [6.07, 6.45) is -0.511. The van der Waals surface area contributed by atoms with Gasteiger partial charge in [0.05, 0.1) is 11.7 Å². The molecule has 0 aliphatic heterocycles. The van der Waals surface area contributed by atoms with Gasteiger partial charge in [-0.05, 0) is 49.8 Å². The molecule has 2 rings (SSSR count). The van der Waals surface area contributed by atoms with Crippen molar-refractivity contribution in [2.24, 2.45) is 5.92 Å². The number of hydrogen-bond acceptors (Lipinski definition) is 2. The number of ether oxygens (including phenoxy) is 1. The summed E-state index contributed by atoms with van der Waals surface area (Å²) in [6, 6.07) is 3.75. The van der Waals surface area contributed by atoms with Gasteiger partial charge < -0.3 is 10.5 Å². The quantitative estimate of drug-likeness (QED) is 0.818. The van der Waals surface area contributed by atoms with Crippen LogP contribution in [-0.4, -0.2) is 6.10 Å². The smallest absolute Gasteiger partial charge is 0.418 e. The van der Waals surface area contributed by atoms with Crippen molar-refractivity contribution >= 4 is 5.69 Å². The minimum atomic E-state index is -4.44. The highest BCUT2D eigenvalue weighted by Gasteiger charge is 2.33. The van der Waals surface area contributed by atoms with Crippen LogP contribution in [0.2, 0.25) is 0 Å². The Balaban J connectivity index is 2.09. The second kappa shape index (κ2) is 5.31. The molecule has 0 bridgehead atoms. The molecule has 1 aromatic carbocycles. The van der Waals surface area contributed by atoms with Gasteiger partial charge in [0.25, 0.3) is 0 Å². The van der Waals surface area contributed by atoms with Crippen LogP contribution in [0.1, 0.15) is 38.2 Å². The van der Waals surface area contributed by atoms with Crippen molar-refractivity contribution < 1.29 is 17.9 Å². The Labute approximate surface area is 110 Å². The zero-order chi connectivity index (χ0) is 14.0. The van der Waals surface area contributed by atoms with Crippen LogP contribution in [0, 0.1) is 5.92 Å². The molecule has 0 atom stereocenters. The summed E-state index contributed by atoms with van der Waals surface area (Å²) in [5.41, 5.74) is 4.26. The van der Waals surface area contributed by atoms with Gasteiger partial charge in [-0.3, -0.25) is 0 Å². The van der Waals surface area contributed by atoms with Crippen LogP contribution in [0.15, 0.2) is 18.2 Å². The molecular weight excluding hydrogens is 255 g/mol. The fourth-order valence-corrected chi connectivity index (χ4v) is 2.39. The molecule has 0 unspecified atom stereocenters. The first kappa shape index (κ1) is 14.0. The van der Waals surface area contributed by atoms with Crippen molar-refractivity contribution in [3.63, 3.8) is 0 Å². The van der Waals surface area contributed by atoms with E-state index in [-0.39, 0.29) is 17.5 Å². The van der Waals surface area contributed by atoms with E-state index in [4.69, 9.17) is 10.5 Å². The molecule has 2 N–H and O–H groups in total. The van der Waals surface area contributed by atoms with E-state index >= 15 is 0 Å². The van der Waals surface area contributed by atoms with Crippen LogP contribution >= 0.6 is 0 Å². The van der Waals surface area contributed by atoms with E-state index in [9.17, 15) is 13.2 Å². The van der Waals surface area contributed by atoms with Gasteiger partial charge in [0.15, 0.2) is 0 Å². The summed E-state index contributed by atoms with van der Waals surface area (Å²) in [7, 11) is 0. The van der Waals surface area contributed by atoms with Crippen molar-refractivity contribution in [2.45, 2.75) is 44.9 Å². The predicted molar refractivity (Wildman–Crippen MR) is 67.9 cm³/mol. The van der Waals surface area contributed by atoms with Crippen molar-refractivity contribution in [3.8, 4) is 5.75 Å². The van der Waals surface area contributed by atoms with E-state index in [1.807, 2.05) is 0 Å². The molecule has 0 radical (unpaired) electrons. The molecule has 19 heavy (non-hydrogen) atoms. The minimum Gasteiger partial charge on any atom is -0.490 e. The van der Waals surface area contributed by atoms with E-state index in [1.54, 1.807) is 0 Å². The monoisotopic (exact) mass is 273 g/mol. The van der Waals surface area contributed by atoms with Gasteiger partial charge in [0, 0.05) is 5.69 Å². The van der Waals surface area contributed by atoms with Gasteiger partial charge in [0.2, 0.25) is 0 Å². The number of hydrogen-bond donors (Lipinski definition) is 1. The maximum Gasteiger partial charge on any atom is 0.418 e. The van der Waals surface area contributed by atoms with Crippen LogP contribution in [0.4, 0.5) is 18.9 Å². The Bertz CT molecular complexity index is 437. The van der Waals surface area contributed by atoms with Crippen LogP contribution in [-0.2, 0) is 6.18 Å². The number of nitrogens with two attached hydrogens (primary N) is 1. The minimum absolute atomic E-state index is 0.0147. The third-order valence-corrected chi connectivity index (χ3v) is 3.60. The average molecular weight is 273 g/mol. The highest BCUT2D eigenvalue weighted by Crippen LogP contribution is 2.36. The van der Waals surface area contributed by atoms with Crippen LogP contribution in [0.3, 0.4) is 0 Å². The van der Waals surface area contributed by atoms with Crippen LogP contribution in [0.5, 0.6) is 5.75 Å². The number of rotatable bonds is 2. The number of anilines is 1. The SMILES string of the molecule is CC1CCC(Oc2ccc(N)c(C(F)(F)F)c2)CC1. The summed E-state index contributed by atoms with van der Waals surface area (Å²) < 4.78 is 43.8. The Morgan fingerprint density at radius 1 is 1.16 bits per heavy atom. The van der Waals surface area contributed by atoms with Crippen molar-refractivity contribution in [1.29, 1.82) is 0 Å². The molecule has 1 aromatic rings. The lowest BCUT2D eigenvalue weighted by Crippen LogP contribution is -2.23. The predicted octanol–water partition coefficient (Wildman–Crippen LogP) is 4.25. The second-order valence-corrected chi connectivity index (χ2v) is 5.25. The summed E-state index contributed by atoms with van der Waals surface area (Å²) >= 11 is 0. The topological polar surface area (TPSA) is 35.2 Å². The van der Waals surface area contributed by atoms with E-state index in [1.165, 1.54) is 12.1 Å². The average Bonchev–Trinajstić information content (AvgIpc) is 2.33. The van der Waals surface area contributed by atoms with Gasteiger partial charge in [-0.25, -0.2) is 0 Å². The molecule has 0 heterocycles. The fourth-order valence-electron chi connectivity index (χ4n) is 2.39. The largest absolute Gasteiger partial charge is 0.490 e. The molecule has 106 valence electrons. The molecule has 0 amide bonds. The summed E-state index contributed by atoms with van der Waals surface area (Å²) in [5.74, 6) is 0.929. The first-order valence-corrected chi connectivity index (χ1v) is 6.49. The molecule has 0 spiro atoms. The Kier molecular flexibility index (Phi) is 3.92. The van der Waals surface area contributed by atoms with E-state index < -0.39 is 11.7 Å². The number of halogens is 3. The zero-order valence-corrected chi connectivity index (χ0v) is 10.8. The Morgan fingerprint density at radius 3 is 2.37 bits per heavy atom. The standard InChI is InChI=1S/C14H18F3NO/c1-9-2-4-10(5-3-9)19-11-6-7-13(18)12(8-11)14(15,16)17/h6-10H,2-5,18H2,1H3. The number of benzene rings is 1. The van der Waals surface area contributed by atoms with Crippen LogP contribution in [0.25, 0.3) is 0 Å². The summed E-state index contributed by atoms with van der Waals surface area (Å²) in [4.78, 5) is 0. The molecular formula is C14H18F3NO. The molecule has 1 aliphatic carbocycles. The maximum absolute atomic E-state index is 12.7. The zero-order valence-electron chi connectivity index (χ0n) is 10.8. The lowest BCUT2D eigenvalue weighted by molar-refractivity contribution is -0.137. The lowest BCUT2D eigenvalue weighted by Gasteiger charge is -2.27. The molecule has 0 aromatic heterocycles. The van der Waals surface area contributed by atoms with Crippen molar-refractivity contribution in [3.05, 3.63) is 23.8 Å². The highest BCUT2D eigenvalue weighted by atomic mass is 19.4. The van der Waals surface area contributed by atoms with E-state index in [0.717, 1.165) is 31.7 Å². The molecule has 1 fully saturated rings. The van der Waals surface area contributed by atoms with Crippen LogP contribution < -0.4 is 10.5 Å². The summed E-state index contributed by atoms with van der Waals surface area (Å²) in [5, 5.41) is 0. The van der Waals surface area contributed by atoms with Gasteiger partial charge >= 0.3 is 6.18 Å². The second-order valence-electron chi connectivity index (χ2n) is 5.25. The molecule has 5 heteroatoms. The van der Waals surface area contributed by atoms with E-state index in [2.05, 4.69) is 6.92 Å². The first-order valence-electron chi connectivity index (χ1n) is 6.49. The third-order valence-electron chi connectivity index (χ3n) is 3.60. The molecule has 1 aliphatic rings.